The molecule has 0 aliphatic heterocycles. The Bertz CT molecular complexity index is 671. The van der Waals surface area contributed by atoms with Crippen LogP contribution in [0.2, 0.25) is 20.1 Å². The molecule has 0 heterocycles. The summed E-state index contributed by atoms with van der Waals surface area (Å²) in [6.07, 6.45) is -0.339. The number of esters is 2. The Labute approximate surface area is 158 Å². The van der Waals surface area contributed by atoms with Crippen LogP contribution in [0.1, 0.15) is 12.8 Å². The van der Waals surface area contributed by atoms with Crippen molar-refractivity contribution in [2.45, 2.75) is 12.8 Å². The summed E-state index contributed by atoms with van der Waals surface area (Å²) in [5, 5.41) is 1.34. The lowest BCUT2D eigenvalue weighted by atomic mass is 10.3. The van der Waals surface area contributed by atoms with Crippen LogP contribution in [0.15, 0.2) is 36.4 Å². The van der Waals surface area contributed by atoms with E-state index < -0.39 is 11.9 Å². The number of hydrogen-bond donors (Lipinski definition) is 0. The third kappa shape index (κ3) is 6.21. The first-order valence-corrected chi connectivity index (χ1v) is 8.16. The van der Waals surface area contributed by atoms with Crippen LogP contribution in [0.3, 0.4) is 0 Å². The predicted molar refractivity (Wildman–Crippen MR) is 93.4 cm³/mol. The van der Waals surface area contributed by atoms with Gasteiger partial charge in [0.05, 0.1) is 12.8 Å². The molecule has 0 spiro atoms. The van der Waals surface area contributed by atoms with Gasteiger partial charge in [0.1, 0.15) is 11.5 Å². The Morgan fingerprint density at radius 1 is 0.625 bits per heavy atom. The molecule has 0 amide bonds. The van der Waals surface area contributed by atoms with Crippen LogP contribution in [0.5, 0.6) is 11.5 Å². The van der Waals surface area contributed by atoms with E-state index in [1.54, 1.807) is 0 Å². The van der Waals surface area contributed by atoms with E-state index in [1.807, 2.05) is 0 Å². The van der Waals surface area contributed by atoms with Crippen LogP contribution < -0.4 is 9.47 Å². The molecule has 0 aromatic heterocycles. The first-order valence-electron chi connectivity index (χ1n) is 6.65. The van der Waals surface area contributed by atoms with Gasteiger partial charge in [0.2, 0.25) is 0 Å². The summed E-state index contributed by atoms with van der Waals surface area (Å²) in [6.45, 7) is 0. The highest BCUT2D eigenvalue weighted by Crippen LogP contribution is 2.25. The molecule has 2 aromatic carbocycles. The van der Waals surface area contributed by atoms with Gasteiger partial charge in [0, 0.05) is 20.1 Å². The quantitative estimate of drug-likeness (QED) is 0.478. The summed E-state index contributed by atoms with van der Waals surface area (Å²) < 4.78 is 10.1. The summed E-state index contributed by atoms with van der Waals surface area (Å²) in [6, 6.07) is 8.78. The average Bonchev–Trinajstić information content (AvgIpc) is 2.42. The molecule has 126 valence electrons. The second-order valence-corrected chi connectivity index (χ2v) is 6.40. The molecule has 0 saturated heterocycles. The fourth-order valence-electron chi connectivity index (χ4n) is 1.74. The maximum atomic E-state index is 11.7. The smallest absolute Gasteiger partial charge is 0.311 e. The topological polar surface area (TPSA) is 52.6 Å². The van der Waals surface area contributed by atoms with Crippen LogP contribution in [0.25, 0.3) is 0 Å². The summed E-state index contributed by atoms with van der Waals surface area (Å²) in [7, 11) is 0. The fourth-order valence-corrected chi connectivity index (χ4v) is 2.76. The standard InChI is InChI=1S/C16H10Cl4O4/c17-9-3-10(18)6-13(5-9)23-15(21)1-2-16(22)24-14-7-11(19)4-12(20)8-14/h3-8H,1-2H2. The first kappa shape index (κ1) is 18.9. The van der Waals surface area contributed by atoms with Gasteiger partial charge in [0.25, 0.3) is 0 Å². The summed E-state index contributed by atoms with van der Waals surface area (Å²) in [4.78, 5) is 23.5. The van der Waals surface area contributed by atoms with Crippen LogP contribution in [-0.2, 0) is 9.59 Å². The molecule has 0 radical (unpaired) electrons. The molecule has 0 bridgehead atoms. The van der Waals surface area contributed by atoms with Crippen molar-refractivity contribution in [2.75, 3.05) is 0 Å². The van der Waals surface area contributed by atoms with Gasteiger partial charge in [-0.1, -0.05) is 46.4 Å². The Morgan fingerprint density at radius 3 is 1.21 bits per heavy atom. The van der Waals surface area contributed by atoms with E-state index in [0.717, 1.165) is 0 Å². The zero-order valence-electron chi connectivity index (χ0n) is 12.0. The Balaban J connectivity index is 1.85. The van der Waals surface area contributed by atoms with Crippen LogP contribution in [0.4, 0.5) is 0 Å². The molecule has 8 heteroatoms. The molecule has 2 aromatic rings. The van der Waals surface area contributed by atoms with Gasteiger partial charge in [-0.05, 0) is 36.4 Å². The minimum Gasteiger partial charge on any atom is -0.426 e. The third-order valence-corrected chi connectivity index (χ3v) is 3.54. The van der Waals surface area contributed by atoms with Gasteiger partial charge < -0.3 is 9.47 Å². The molecule has 4 nitrogen and oxygen atoms in total. The SMILES string of the molecule is O=C(CCC(=O)Oc1cc(Cl)cc(Cl)c1)Oc1cc(Cl)cc(Cl)c1. The number of carbonyl (C=O) groups is 2. The fraction of sp³-hybridized carbons (Fsp3) is 0.125. The van der Waals surface area contributed by atoms with Gasteiger partial charge in [-0.25, -0.2) is 0 Å². The highest BCUT2D eigenvalue weighted by Gasteiger charge is 2.12. The van der Waals surface area contributed by atoms with E-state index in [2.05, 4.69) is 0 Å². The van der Waals surface area contributed by atoms with E-state index in [1.165, 1.54) is 36.4 Å². The monoisotopic (exact) mass is 406 g/mol. The number of ether oxygens (including phenoxy) is 2. The normalized spacial score (nSPS) is 10.3. The molecule has 0 aliphatic rings. The van der Waals surface area contributed by atoms with E-state index in [4.69, 9.17) is 55.9 Å². The van der Waals surface area contributed by atoms with Gasteiger partial charge in [0.15, 0.2) is 0 Å². The van der Waals surface area contributed by atoms with Crippen LogP contribution in [0, 0.1) is 0 Å². The molecule has 2 rings (SSSR count). The molecule has 0 aliphatic carbocycles. The first-order chi connectivity index (χ1) is 11.3. The predicted octanol–water partition coefficient (Wildman–Crippen LogP) is 5.59. The lowest BCUT2D eigenvalue weighted by Crippen LogP contribution is -2.14. The van der Waals surface area contributed by atoms with Crippen molar-refractivity contribution in [1.29, 1.82) is 0 Å². The van der Waals surface area contributed by atoms with E-state index in [9.17, 15) is 9.59 Å². The van der Waals surface area contributed by atoms with E-state index >= 15 is 0 Å². The van der Waals surface area contributed by atoms with Gasteiger partial charge >= 0.3 is 11.9 Å². The molecule has 24 heavy (non-hydrogen) atoms. The lowest BCUT2D eigenvalue weighted by molar-refractivity contribution is -0.140. The largest absolute Gasteiger partial charge is 0.426 e. The molecule has 0 saturated carbocycles. The molecular formula is C16H10Cl4O4. The van der Waals surface area contributed by atoms with E-state index in [0.29, 0.717) is 20.1 Å². The molecule has 0 N–H and O–H groups in total. The average molecular weight is 408 g/mol. The van der Waals surface area contributed by atoms with Crippen LogP contribution >= 0.6 is 46.4 Å². The zero-order valence-corrected chi connectivity index (χ0v) is 15.0. The summed E-state index contributed by atoms with van der Waals surface area (Å²) in [5.74, 6) is -0.830. The lowest BCUT2D eigenvalue weighted by Gasteiger charge is -2.07. The number of halogens is 4. The molecule has 0 fully saturated rings. The summed E-state index contributed by atoms with van der Waals surface area (Å²) in [5.41, 5.74) is 0. The zero-order chi connectivity index (χ0) is 17.7. The highest BCUT2D eigenvalue weighted by molar-refractivity contribution is 6.35. The van der Waals surface area contributed by atoms with Crippen molar-refractivity contribution >= 4 is 58.3 Å². The van der Waals surface area contributed by atoms with Gasteiger partial charge in [-0.15, -0.1) is 0 Å². The molecule has 0 unspecified atom stereocenters. The maximum absolute atomic E-state index is 11.7. The Kier molecular flexibility index (Phi) is 6.75. The second kappa shape index (κ2) is 8.58. The molecule has 0 atom stereocenters. The van der Waals surface area contributed by atoms with Crippen LogP contribution in [-0.4, -0.2) is 11.9 Å². The van der Waals surface area contributed by atoms with E-state index in [-0.39, 0.29) is 24.3 Å². The van der Waals surface area contributed by atoms with Crippen molar-refractivity contribution < 1.29 is 19.1 Å². The third-order valence-electron chi connectivity index (χ3n) is 2.67. The minimum absolute atomic E-state index is 0.169. The summed E-state index contributed by atoms with van der Waals surface area (Å²) >= 11 is 23.2. The van der Waals surface area contributed by atoms with Gasteiger partial charge in [-0.2, -0.15) is 0 Å². The number of hydrogen-bond acceptors (Lipinski definition) is 4. The van der Waals surface area contributed by atoms with Crippen molar-refractivity contribution in [2.24, 2.45) is 0 Å². The highest BCUT2D eigenvalue weighted by atomic mass is 35.5. The van der Waals surface area contributed by atoms with Crippen molar-refractivity contribution in [1.82, 2.24) is 0 Å². The maximum Gasteiger partial charge on any atom is 0.311 e. The van der Waals surface area contributed by atoms with Crippen molar-refractivity contribution in [3.8, 4) is 11.5 Å². The van der Waals surface area contributed by atoms with Crippen molar-refractivity contribution in [3.05, 3.63) is 56.5 Å². The second-order valence-electron chi connectivity index (χ2n) is 4.66. The number of rotatable bonds is 5. The number of benzene rings is 2. The minimum atomic E-state index is -0.616. The molecular weight excluding hydrogens is 398 g/mol. The van der Waals surface area contributed by atoms with Crippen molar-refractivity contribution in [3.63, 3.8) is 0 Å². The number of carbonyl (C=O) groups excluding carboxylic acids is 2. The Morgan fingerprint density at radius 2 is 0.917 bits per heavy atom. The van der Waals surface area contributed by atoms with Gasteiger partial charge in [-0.3, -0.25) is 9.59 Å². The Hall–Kier alpha value is -1.46.